The van der Waals surface area contributed by atoms with E-state index in [4.69, 9.17) is 4.74 Å². The minimum Gasteiger partial charge on any atom is -0.383 e. The molecule has 1 N–H and O–H groups in total. The monoisotopic (exact) mass is 242 g/mol. The van der Waals surface area contributed by atoms with E-state index in [-0.39, 0.29) is 0 Å². The molecule has 1 aliphatic rings. The van der Waals surface area contributed by atoms with Gasteiger partial charge in [-0.15, -0.1) is 0 Å². The minimum atomic E-state index is 0.471. The molecule has 0 radical (unpaired) electrons. The van der Waals surface area contributed by atoms with Crippen LogP contribution in [0, 0.1) is 5.92 Å². The molecule has 1 atom stereocenters. The largest absolute Gasteiger partial charge is 0.383 e. The van der Waals surface area contributed by atoms with E-state index in [9.17, 15) is 0 Å². The second kappa shape index (κ2) is 8.90. The Labute approximate surface area is 107 Å². The van der Waals surface area contributed by atoms with Gasteiger partial charge in [0, 0.05) is 26.2 Å². The summed E-state index contributed by atoms with van der Waals surface area (Å²) >= 11 is 0. The third-order valence-corrected chi connectivity index (χ3v) is 3.69. The van der Waals surface area contributed by atoms with Crippen LogP contribution in [0.15, 0.2) is 0 Å². The van der Waals surface area contributed by atoms with E-state index in [0.29, 0.717) is 6.04 Å². The van der Waals surface area contributed by atoms with Gasteiger partial charge in [0.2, 0.25) is 0 Å². The van der Waals surface area contributed by atoms with Crippen molar-refractivity contribution in [1.29, 1.82) is 0 Å². The molecule has 1 aliphatic carbocycles. The molecule has 0 aliphatic heterocycles. The maximum absolute atomic E-state index is 5.26. The summed E-state index contributed by atoms with van der Waals surface area (Å²) < 4.78 is 5.26. The molecule has 1 unspecified atom stereocenters. The number of methoxy groups -OCH3 is 1. The lowest BCUT2D eigenvalue weighted by molar-refractivity contribution is 0.137. The Morgan fingerprint density at radius 3 is 2.59 bits per heavy atom. The summed E-state index contributed by atoms with van der Waals surface area (Å²) in [4.78, 5) is 2.47. The van der Waals surface area contributed by atoms with Gasteiger partial charge in [-0.1, -0.05) is 26.2 Å². The number of hydrogen-bond donors (Lipinski definition) is 1. The smallest absolute Gasteiger partial charge is 0.0628 e. The number of rotatable bonds is 8. The van der Waals surface area contributed by atoms with Crippen LogP contribution < -0.4 is 5.32 Å². The zero-order valence-electron chi connectivity index (χ0n) is 11.9. The molecule has 0 saturated heterocycles. The summed E-state index contributed by atoms with van der Waals surface area (Å²) in [6.45, 7) is 6.34. The molecule has 3 nitrogen and oxygen atoms in total. The average molecular weight is 242 g/mol. The lowest BCUT2D eigenvalue weighted by Crippen LogP contribution is -2.43. The Morgan fingerprint density at radius 2 is 2.00 bits per heavy atom. The minimum absolute atomic E-state index is 0.471. The Hall–Kier alpha value is -0.120. The first-order valence-electron chi connectivity index (χ1n) is 7.17. The van der Waals surface area contributed by atoms with Crippen LogP contribution in [0.25, 0.3) is 0 Å². The Balaban J connectivity index is 2.22. The Morgan fingerprint density at radius 1 is 1.29 bits per heavy atom. The van der Waals surface area contributed by atoms with E-state index in [1.807, 2.05) is 0 Å². The molecule has 1 fully saturated rings. The van der Waals surface area contributed by atoms with Gasteiger partial charge in [-0.2, -0.15) is 0 Å². The molecule has 0 spiro atoms. The number of nitrogens with zero attached hydrogens (tertiary/aromatic N) is 1. The van der Waals surface area contributed by atoms with E-state index in [1.54, 1.807) is 7.11 Å². The summed E-state index contributed by atoms with van der Waals surface area (Å²) in [6, 6.07) is 0.471. The van der Waals surface area contributed by atoms with Crippen molar-refractivity contribution in [2.24, 2.45) is 5.92 Å². The van der Waals surface area contributed by atoms with Gasteiger partial charge in [0.1, 0.15) is 0 Å². The van der Waals surface area contributed by atoms with Crippen LogP contribution >= 0.6 is 0 Å². The SMILES string of the molecule is CCNC(COC)CN(C)CC1CCCCC1. The van der Waals surface area contributed by atoms with E-state index >= 15 is 0 Å². The number of hydrogen-bond acceptors (Lipinski definition) is 3. The standard InChI is InChI=1S/C14H30N2O/c1-4-15-14(12-17-3)11-16(2)10-13-8-6-5-7-9-13/h13-15H,4-12H2,1-3H3. The van der Waals surface area contributed by atoms with Gasteiger partial charge < -0.3 is 15.0 Å². The molecular weight excluding hydrogens is 212 g/mol. The normalized spacial score (nSPS) is 19.8. The van der Waals surface area contributed by atoms with Crippen molar-refractivity contribution in [3.05, 3.63) is 0 Å². The summed E-state index contributed by atoms with van der Waals surface area (Å²) in [6.07, 6.45) is 7.19. The van der Waals surface area contributed by atoms with Gasteiger partial charge in [-0.3, -0.25) is 0 Å². The van der Waals surface area contributed by atoms with E-state index in [2.05, 4.69) is 24.2 Å². The third-order valence-electron chi connectivity index (χ3n) is 3.69. The Bertz CT molecular complexity index is 175. The van der Waals surface area contributed by atoms with Crippen LogP contribution in [0.2, 0.25) is 0 Å². The lowest BCUT2D eigenvalue weighted by atomic mass is 9.89. The number of likely N-dealkylation sites (N-methyl/N-ethyl adjacent to an activating group) is 2. The number of nitrogens with one attached hydrogen (secondary N) is 1. The van der Waals surface area contributed by atoms with Crippen LogP contribution in [0.4, 0.5) is 0 Å². The van der Waals surface area contributed by atoms with Gasteiger partial charge in [0.15, 0.2) is 0 Å². The van der Waals surface area contributed by atoms with Gasteiger partial charge in [-0.05, 0) is 32.4 Å². The van der Waals surface area contributed by atoms with Crippen LogP contribution in [-0.4, -0.2) is 51.3 Å². The highest BCUT2D eigenvalue weighted by Crippen LogP contribution is 2.24. The molecular formula is C14H30N2O. The molecule has 0 bridgehead atoms. The molecule has 3 heteroatoms. The first kappa shape index (κ1) is 14.9. The highest BCUT2D eigenvalue weighted by atomic mass is 16.5. The molecule has 102 valence electrons. The average Bonchev–Trinajstić information content (AvgIpc) is 2.30. The van der Waals surface area contributed by atoms with E-state index < -0.39 is 0 Å². The molecule has 1 saturated carbocycles. The molecule has 0 aromatic carbocycles. The maximum atomic E-state index is 5.26. The molecule has 0 aromatic rings. The summed E-state index contributed by atoms with van der Waals surface area (Å²) in [5.74, 6) is 0.929. The quantitative estimate of drug-likeness (QED) is 0.705. The van der Waals surface area contributed by atoms with Crippen LogP contribution in [0.3, 0.4) is 0 Å². The second-order valence-corrected chi connectivity index (χ2v) is 5.44. The predicted molar refractivity (Wildman–Crippen MR) is 73.4 cm³/mol. The third kappa shape index (κ3) is 6.39. The number of ether oxygens (including phenoxy) is 1. The summed E-state index contributed by atoms with van der Waals surface area (Å²) in [5, 5.41) is 3.49. The molecule has 0 aromatic heterocycles. The van der Waals surface area contributed by atoms with Crippen molar-refractivity contribution >= 4 is 0 Å². The van der Waals surface area contributed by atoms with Crippen molar-refractivity contribution in [2.75, 3.05) is 40.4 Å². The first-order chi connectivity index (χ1) is 8.26. The van der Waals surface area contributed by atoms with Crippen molar-refractivity contribution < 1.29 is 4.74 Å². The second-order valence-electron chi connectivity index (χ2n) is 5.44. The molecule has 0 heterocycles. The van der Waals surface area contributed by atoms with Crippen molar-refractivity contribution in [1.82, 2.24) is 10.2 Å². The fourth-order valence-electron chi connectivity index (χ4n) is 2.93. The predicted octanol–water partition coefficient (Wildman–Crippen LogP) is 2.12. The van der Waals surface area contributed by atoms with Gasteiger partial charge in [0.05, 0.1) is 6.61 Å². The van der Waals surface area contributed by atoms with Crippen LogP contribution in [-0.2, 0) is 4.74 Å². The molecule has 1 rings (SSSR count). The summed E-state index contributed by atoms with van der Waals surface area (Å²) in [5.41, 5.74) is 0. The summed E-state index contributed by atoms with van der Waals surface area (Å²) in [7, 11) is 4.03. The van der Waals surface area contributed by atoms with Gasteiger partial charge in [-0.25, -0.2) is 0 Å². The van der Waals surface area contributed by atoms with Crippen LogP contribution in [0.5, 0.6) is 0 Å². The highest BCUT2D eigenvalue weighted by Gasteiger charge is 2.17. The Kier molecular flexibility index (Phi) is 7.82. The van der Waals surface area contributed by atoms with Gasteiger partial charge in [0.25, 0.3) is 0 Å². The fraction of sp³-hybridized carbons (Fsp3) is 1.00. The lowest BCUT2D eigenvalue weighted by Gasteiger charge is -2.29. The molecule has 17 heavy (non-hydrogen) atoms. The molecule has 0 amide bonds. The first-order valence-corrected chi connectivity index (χ1v) is 7.17. The van der Waals surface area contributed by atoms with Crippen molar-refractivity contribution in [3.8, 4) is 0 Å². The van der Waals surface area contributed by atoms with E-state index in [0.717, 1.165) is 25.6 Å². The zero-order valence-corrected chi connectivity index (χ0v) is 11.9. The fourth-order valence-corrected chi connectivity index (χ4v) is 2.93. The zero-order chi connectivity index (χ0) is 12.5. The van der Waals surface area contributed by atoms with Crippen molar-refractivity contribution in [2.45, 2.75) is 45.1 Å². The van der Waals surface area contributed by atoms with Crippen molar-refractivity contribution in [3.63, 3.8) is 0 Å². The highest BCUT2D eigenvalue weighted by molar-refractivity contribution is 4.73. The maximum Gasteiger partial charge on any atom is 0.0628 e. The van der Waals surface area contributed by atoms with E-state index in [1.165, 1.54) is 38.6 Å². The van der Waals surface area contributed by atoms with Crippen LogP contribution in [0.1, 0.15) is 39.0 Å². The topological polar surface area (TPSA) is 24.5 Å². The van der Waals surface area contributed by atoms with Gasteiger partial charge >= 0.3 is 0 Å².